The lowest BCUT2D eigenvalue weighted by Gasteiger charge is -2.29. The second-order valence-corrected chi connectivity index (χ2v) is 10.9. The van der Waals surface area contributed by atoms with Crippen molar-refractivity contribution in [2.45, 2.75) is 74.3 Å². The highest BCUT2D eigenvalue weighted by molar-refractivity contribution is 6.23. The van der Waals surface area contributed by atoms with E-state index in [4.69, 9.17) is 9.98 Å². The molecule has 2 aromatic heterocycles. The molecule has 184 valence electrons. The number of H-pyrrole nitrogens is 2. The quantitative estimate of drug-likeness (QED) is 0.656. The lowest BCUT2D eigenvalue weighted by molar-refractivity contribution is 0.276. The standard InChI is InChI=1S/C30H34N6/c1-16-18(3)26(34-24(16)10-22-13-29(7,8)30(9,15-32)36-22)12-27-19(4)17(2)25(35-27)11-23-20(5)28(14-31)33-21(23)6/h10-12,33,35H,13H2,1-9H3/b24-10+,25-11-,27-12-/t30-/m1/s1. The summed E-state index contributed by atoms with van der Waals surface area (Å²) in [6.07, 6.45) is 7.02. The van der Waals surface area contributed by atoms with Crippen LogP contribution in [-0.4, -0.2) is 26.9 Å². The minimum Gasteiger partial charge on any atom is -0.355 e. The van der Waals surface area contributed by atoms with Crippen molar-refractivity contribution >= 4 is 23.6 Å². The number of aryl methyl sites for hydroxylation is 1. The minimum atomic E-state index is -0.723. The molecule has 2 aromatic rings. The van der Waals surface area contributed by atoms with Crippen LogP contribution in [-0.2, 0) is 0 Å². The molecule has 0 saturated heterocycles. The number of nitriles is 2. The van der Waals surface area contributed by atoms with Gasteiger partial charge in [-0.1, -0.05) is 13.8 Å². The number of hydrogen-bond acceptors (Lipinski definition) is 4. The third kappa shape index (κ3) is 3.97. The van der Waals surface area contributed by atoms with E-state index < -0.39 is 5.54 Å². The van der Waals surface area contributed by atoms with Crippen LogP contribution in [0.25, 0.3) is 12.2 Å². The molecular weight excluding hydrogens is 444 g/mol. The highest BCUT2D eigenvalue weighted by Gasteiger charge is 2.46. The van der Waals surface area contributed by atoms with E-state index in [0.29, 0.717) is 5.69 Å². The minimum absolute atomic E-state index is 0.214. The molecule has 4 rings (SSSR count). The van der Waals surface area contributed by atoms with Gasteiger partial charge in [0.05, 0.1) is 17.5 Å². The number of aliphatic imine (C=N–C) groups is 2. The van der Waals surface area contributed by atoms with Gasteiger partial charge in [-0.05, 0) is 101 Å². The van der Waals surface area contributed by atoms with Crippen LogP contribution in [0.5, 0.6) is 0 Å². The molecule has 0 spiro atoms. The summed E-state index contributed by atoms with van der Waals surface area (Å²) < 4.78 is 0. The summed E-state index contributed by atoms with van der Waals surface area (Å²) >= 11 is 0. The van der Waals surface area contributed by atoms with Gasteiger partial charge in [0.2, 0.25) is 0 Å². The molecule has 0 radical (unpaired) electrons. The van der Waals surface area contributed by atoms with Gasteiger partial charge in [-0.2, -0.15) is 10.5 Å². The molecule has 36 heavy (non-hydrogen) atoms. The fourth-order valence-corrected chi connectivity index (χ4v) is 4.88. The van der Waals surface area contributed by atoms with Gasteiger partial charge < -0.3 is 9.97 Å². The van der Waals surface area contributed by atoms with Crippen LogP contribution in [0.4, 0.5) is 0 Å². The predicted octanol–water partition coefficient (Wildman–Crippen LogP) is 4.89. The molecule has 0 fully saturated rings. The van der Waals surface area contributed by atoms with E-state index in [1.807, 2.05) is 26.8 Å². The van der Waals surface area contributed by atoms with Crippen molar-refractivity contribution in [3.63, 3.8) is 0 Å². The third-order valence-electron chi connectivity index (χ3n) is 8.22. The van der Waals surface area contributed by atoms with E-state index >= 15 is 0 Å². The average Bonchev–Trinajstić information content (AvgIpc) is 3.43. The monoisotopic (exact) mass is 478 g/mol. The largest absolute Gasteiger partial charge is 0.355 e. The molecule has 0 amide bonds. The van der Waals surface area contributed by atoms with E-state index in [0.717, 1.165) is 62.2 Å². The molecule has 2 aliphatic rings. The van der Waals surface area contributed by atoms with Crippen LogP contribution in [0.2, 0.25) is 0 Å². The molecule has 6 nitrogen and oxygen atoms in total. The predicted molar refractivity (Wildman–Crippen MR) is 146 cm³/mol. The molecule has 0 aliphatic carbocycles. The molecular formula is C30H34N6. The van der Waals surface area contributed by atoms with Crippen molar-refractivity contribution in [2.24, 2.45) is 15.4 Å². The number of aromatic nitrogens is 2. The van der Waals surface area contributed by atoms with Crippen LogP contribution in [0.1, 0.15) is 74.7 Å². The van der Waals surface area contributed by atoms with Crippen LogP contribution < -0.4 is 10.7 Å². The normalized spacial score (nSPS) is 23.4. The zero-order valence-electron chi connectivity index (χ0n) is 22.7. The van der Waals surface area contributed by atoms with Gasteiger partial charge in [0, 0.05) is 33.1 Å². The topological polar surface area (TPSA) is 104 Å². The average molecular weight is 479 g/mol. The Labute approximate surface area is 213 Å². The number of rotatable bonds is 3. The molecule has 4 heterocycles. The zero-order chi connectivity index (χ0) is 26.6. The Balaban J connectivity index is 1.77. The molecule has 0 aromatic carbocycles. The van der Waals surface area contributed by atoms with Gasteiger partial charge >= 0.3 is 0 Å². The second kappa shape index (κ2) is 8.64. The molecule has 0 saturated carbocycles. The van der Waals surface area contributed by atoms with Gasteiger partial charge in [0.25, 0.3) is 0 Å². The van der Waals surface area contributed by atoms with Gasteiger partial charge in [-0.25, -0.2) is 4.99 Å². The van der Waals surface area contributed by atoms with E-state index in [2.05, 4.69) is 75.8 Å². The smallest absolute Gasteiger partial charge is 0.149 e. The van der Waals surface area contributed by atoms with E-state index in [-0.39, 0.29) is 5.41 Å². The van der Waals surface area contributed by atoms with Crippen molar-refractivity contribution < 1.29 is 0 Å². The number of nitrogens with one attached hydrogen (secondary N) is 2. The SMILES string of the molecule is CC1=C(C)/C(=C\C2=N[C@](C)(C#N)C(C)(C)C2)N=C1/C=c1\[nH]/c(=C\c2c(C)[nH]c(C#N)c2C)c(C)c1C. The van der Waals surface area contributed by atoms with Crippen molar-refractivity contribution in [1.29, 1.82) is 10.5 Å². The number of hydrogen-bond donors (Lipinski definition) is 2. The molecule has 0 unspecified atom stereocenters. The Bertz CT molecular complexity index is 1620. The number of aromatic amines is 2. The summed E-state index contributed by atoms with van der Waals surface area (Å²) in [6, 6.07) is 4.62. The van der Waals surface area contributed by atoms with Gasteiger partial charge in [-0.3, -0.25) is 4.99 Å². The Hall–Kier alpha value is -3.90. The lowest BCUT2D eigenvalue weighted by atomic mass is 9.74. The van der Waals surface area contributed by atoms with Crippen LogP contribution in [0.3, 0.4) is 0 Å². The summed E-state index contributed by atoms with van der Waals surface area (Å²) in [5, 5.41) is 21.1. The summed E-state index contributed by atoms with van der Waals surface area (Å²) in [5.74, 6) is 0. The fourth-order valence-electron chi connectivity index (χ4n) is 4.88. The summed E-state index contributed by atoms with van der Waals surface area (Å²) in [4.78, 5) is 16.4. The maximum absolute atomic E-state index is 9.69. The highest BCUT2D eigenvalue weighted by Crippen LogP contribution is 2.43. The summed E-state index contributed by atoms with van der Waals surface area (Å²) in [5.41, 5.74) is 10.0. The first-order valence-corrected chi connectivity index (χ1v) is 12.3. The van der Waals surface area contributed by atoms with E-state index in [1.54, 1.807) is 0 Å². The molecule has 1 atom stereocenters. The first-order chi connectivity index (χ1) is 16.8. The van der Waals surface area contributed by atoms with E-state index in [1.165, 1.54) is 11.1 Å². The maximum atomic E-state index is 9.69. The number of nitrogens with zero attached hydrogens (tertiary/aromatic N) is 4. The Morgan fingerprint density at radius 2 is 1.47 bits per heavy atom. The van der Waals surface area contributed by atoms with Crippen molar-refractivity contribution in [3.8, 4) is 12.1 Å². The second-order valence-electron chi connectivity index (χ2n) is 10.9. The Morgan fingerprint density at radius 1 is 0.833 bits per heavy atom. The van der Waals surface area contributed by atoms with Gasteiger partial charge in [-0.15, -0.1) is 0 Å². The zero-order valence-corrected chi connectivity index (χ0v) is 22.7. The van der Waals surface area contributed by atoms with Crippen molar-refractivity contribution in [3.05, 3.63) is 67.3 Å². The highest BCUT2D eigenvalue weighted by atomic mass is 14.9. The van der Waals surface area contributed by atoms with Crippen LogP contribution in [0.15, 0.2) is 32.9 Å². The summed E-state index contributed by atoms with van der Waals surface area (Å²) in [6.45, 7) is 18.5. The Morgan fingerprint density at radius 3 is 2.03 bits per heavy atom. The first-order valence-electron chi connectivity index (χ1n) is 12.3. The van der Waals surface area contributed by atoms with Gasteiger partial charge in [0.1, 0.15) is 17.3 Å². The van der Waals surface area contributed by atoms with Gasteiger partial charge in [0.15, 0.2) is 0 Å². The molecule has 6 heteroatoms. The van der Waals surface area contributed by atoms with Crippen molar-refractivity contribution in [2.75, 3.05) is 0 Å². The number of allylic oxidation sites excluding steroid dienone is 3. The van der Waals surface area contributed by atoms with E-state index in [9.17, 15) is 10.5 Å². The molecule has 2 aliphatic heterocycles. The summed E-state index contributed by atoms with van der Waals surface area (Å²) in [7, 11) is 0. The molecule has 2 N–H and O–H groups in total. The van der Waals surface area contributed by atoms with Crippen molar-refractivity contribution in [1.82, 2.24) is 9.97 Å². The lowest BCUT2D eigenvalue weighted by Crippen LogP contribution is -2.34. The van der Waals surface area contributed by atoms with Crippen LogP contribution >= 0.6 is 0 Å². The fraction of sp³-hybridized carbons (Fsp3) is 0.400. The third-order valence-corrected chi connectivity index (χ3v) is 8.22. The molecule has 0 bridgehead atoms. The maximum Gasteiger partial charge on any atom is 0.149 e. The first kappa shape index (κ1) is 25.2. The van der Waals surface area contributed by atoms with Crippen LogP contribution in [0, 0.1) is 55.8 Å². The Kier molecular flexibility index (Phi) is 6.05.